The van der Waals surface area contributed by atoms with Crippen LogP contribution in [0.1, 0.15) is 25.5 Å². The van der Waals surface area contributed by atoms with Crippen LogP contribution in [-0.2, 0) is 6.54 Å². The van der Waals surface area contributed by atoms with Crippen molar-refractivity contribution in [1.29, 1.82) is 5.26 Å². The normalized spacial score (nSPS) is 10.8. The van der Waals surface area contributed by atoms with Gasteiger partial charge >= 0.3 is 5.69 Å². The SMILES string of the molecule is CC(C)c1nc(Oc2c(Cl)cc(-c3nn(CC#N)c(=O)[nH]c3=O)cc2Cl)c[nH]c1=O. The van der Waals surface area contributed by atoms with Crippen LogP contribution in [0.3, 0.4) is 0 Å². The lowest BCUT2D eigenvalue weighted by molar-refractivity contribution is 0.455. The molecular formula is C18H14Cl2N6O4. The van der Waals surface area contributed by atoms with Gasteiger partial charge in [-0.15, -0.1) is 0 Å². The third-order valence-corrected chi connectivity index (χ3v) is 4.49. The smallest absolute Gasteiger partial charge is 0.345 e. The lowest BCUT2D eigenvalue weighted by Gasteiger charge is -2.12. The molecule has 0 unspecified atom stereocenters. The summed E-state index contributed by atoms with van der Waals surface area (Å²) in [4.78, 5) is 44.5. The molecule has 2 N–H and O–H groups in total. The molecule has 1 aromatic carbocycles. The molecule has 2 heterocycles. The van der Waals surface area contributed by atoms with Crippen LogP contribution in [0.25, 0.3) is 11.3 Å². The van der Waals surface area contributed by atoms with Gasteiger partial charge in [0, 0.05) is 11.5 Å². The van der Waals surface area contributed by atoms with Crippen molar-refractivity contribution < 1.29 is 4.74 Å². The van der Waals surface area contributed by atoms with Crippen molar-refractivity contribution in [2.45, 2.75) is 26.3 Å². The van der Waals surface area contributed by atoms with Crippen molar-refractivity contribution >= 4 is 23.2 Å². The van der Waals surface area contributed by atoms with Crippen LogP contribution in [-0.4, -0.2) is 24.7 Å². The number of aromatic amines is 2. The Kier molecular flexibility index (Phi) is 6.05. The number of aromatic nitrogens is 5. The van der Waals surface area contributed by atoms with Gasteiger partial charge < -0.3 is 9.72 Å². The number of nitrogens with zero attached hydrogens (tertiary/aromatic N) is 4. The molecule has 0 aliphatic heterocycles. The van der Waals surface area contributed by atoms with Crippen LogP contribution < -0.4 is 21.5 Å². The van der Waals surface area contributed by atoms with Gasteiger partial charge in [-0.25, -0.2) is 9.78 Å². The highest BCUT2D eigenvalue weighted by Crippen LogP contribution is 2.38. The first-order valence-corrected chi connectivity index (χ1v) is 9.32. The quantitative estimate of drug-likeness (QED) is 0.608. The molecule has 0 aliphatic carbocycles. The van der Waals surface area contributed by atoms with Gasteiger partial charge in [0.25, 0.3) is 11.1 Å². The average Bonchev–Trinajstić information content (AvgIpc) is 2.67. The van der Waals surface area contributed by atoms with Crippen molar-refractivity contribution in [3.8, 4) is 29.0 Å². The molecule has 0 radical (unpaired) electrons. The summed E-state index contributed by atoms with van der Waals surface area (Å²) in [5, 5.41) is 12.8. The summed E-state index contributed by atoms with van der Waals surface area (Å²) < 4.78 is 6.44. The van der Waals surface area contributed by atoms with Gasteiger partial charge in [-0.3, -0.25) is 14.6 Å². The van der Waals surface area contributed by atoms with E-state index in [1.54, 1.807) is 6.07 Å². The molecule has 0 atom stereocenters. The first-order chi connectivity index (χ1) is 14.2. The van der Waals surface area contributed by atoms with Gasteiger partial charge in [0.15, 0.2) is 11.4 Å². The van der Waals surface area contributed by atoms with Crippen molar-refractivity contribution in [2.75, 3.05) is 0 Å². The van der Waals surface area contributed by atoms with E-state index in [1.165, 1.54) is 18.3 Å². The number of halogens is 2. The number of benzene rings is 1. The average molecular weight is 449 g/mol. The minimum absolute atomic E-state index is 0.0378. The molecule has 0 fully saturated rings. The minimum Gasteiger partial charge on any atom is -0.434 e. The Morgan fingerprint density at radius 1 is 1.20 bits per heavy atom. The zero-order valence-corrected chi connectivity index (χ0v) is 17.2. The summed E-state index contributed by atoms with van der Waals surface area (Å²) >= 11 is 12.6. The van der Waals surface area contributed by atoms with Crippen LogP contribution in [0.5, 0.6) is 11.6 Å². The van der Waals surface area contributed by atoms with Gasteiger partial charge in [0.05, 0.1) is 22.3 Å². The molecule has 3 rings (SSSR count). The number of ether oxygens (including phenoxy) is 1. The second kappa shape index (κ2) is 8.52. The van der Waals surface area contributed by atoms with Gasteiger partial charge in [0.2, 0.25) is 5.88 Å². The number of H-pyrrole nitrogens is 2. The first-order valence-electron chi connectivity index (χ1n) is 8.56. The zero-order chi connectivity index (χ0) is 22.0. The molecule has 30 heavy (non-hydrogen) atoms. The monoisotopic (exact) mass is 448 g/mol. The van der Waals surface area contributed by atoms with Crippen LogP contribution in [0.15, 0.2) is 32.7 Å². The summed E-state index contributed by atoms with van der Waals surface area (Å²) in [6, 6.07) is 4.52. The van der Waals surface area contributed by atoms with E-state index >= 15 is 0 Å². The molecule has 0 saturated heterocycles. The maximum absolute atomic E-state index is 12.2. The highest BCUT2D eigenvalue weighted by atomic mass is 35.5. The molecule has 0 spiro atoms. The van der Waals surface area contributed by atoms with E-state index in [1.807, 2.05) is 13.8 Å². The second-order valence-corrected chi connectivity index (χ2v) is 7.22. The van der Waals surface area contributed by atoms with Crippen molar-refractivity contribution in [3.05, 3.63) is 65.3 Å². The van der Waals surface area contributed by atoms with E-state index in [9.17, 15) is 14.4 Å². The Bertz CT molecular complexity index is 1310. The topological polar surface area (TPSA) is 147 Å². The molecule has 0 aliphatic rings. The molecule has 0 saturated carbocycles. The minimum atomic E-state index is -0.812. The van der Waals surface area contributed by atoms with E-state index in [0.29, 0.717) is 0 Å². The predicted octanol–water partition coefficient (Wildman–Crippen LogP) is 2.43. The Balaban J connectivity index is 2.04. The Morgan fingerprint density at radius 2 is 1.87 bits per heavy atom. The molecule has 10 nitrogen and oxygen atoms in total. The fourth-order valence-corrected chi connectivity index (χ4v) is 3.10. The number of hydrogen-bond acceptors (Lipinski definition) is 7. The molecule has 2 aromatic heterocycles. The van der Waals surface area contributed by atoms with E-state index in [4.69, 9.17) is 33.2 Å². The summed E-state index contributed by atoms with van der Waals surface area (Å²) in [5.74, 6) is -0.000910. The van der Waals surface area contributed by atoms with Gasteiger partial charge in [-0.05, 0) is 12.1 Å². The third kappa shape index (κ3) is 4.27. The van der Waals surface area contributed by atoms with Crippen molar-refractivity contribution in [2.24, 2.45) is 0 Å². The Labute approximate surface area is 178 Å². The van der Waals surface area contributed by atoms with E-state index in [0.717, 1.165) is 4.68 Å². The highest BCUT2D eigenvalue weighted by molar-refractivity contribution is 6.37. The lowest BCUT2D eigenvalue weighted by atomic mass is 10.1. The zero-order valence-electron chi connectivity index (χ0n) is 15.7. The molecule has 0 bridgehead atoms. The van der Waals surface area contributed by atoms with Gasteiger partial charge in [-0.2, -0.15) is 15.0 Å². The van der Waals surface area contributed by atoms with E-state index in [-0.39, 0.29) is 56.6 Å². The van der Waals surface area contributed by atoms with Crippen molar-refractivity contribution in [1.82, 2.24) is 24.7 Å². The van der Waals surface area contributed by atoms with Crippen LogP contribution >= 0.6 is 23.2 Å². The third-order valence-electron chi connectivity index (χ3n) is 3.93. The summed E-state index contributed by atoms with van der Waals surface area (Å²) in [5.41, 5.74) is -1.56. The predicted molar refractivity (Wildman–Crippen MR) is 109 cm³/mol. The molecule has 12 heteroatoms. The first kappa shape index (κ1) is 21.3. The van der Waals surface area contributed by atoms with Crippen LogP contribution in [0, 0.1) is 11.3 Å². The van der Waals surface area contributed by atoms with Gasteiger partial charge in [0.1, 0.15) is 12.2 Å². The highest BCUT2D eigenvalue weighted by Gasteiger charge is 2.17. The van der Waals surface area contributed by atoms with Crippen molar-refractivity contribution in [3.63, 3.8) is 0 Å². The van der Waals surface area contributed by atoms with Gasteiger partial charge in [-0.1, -0.05) is 37.0 Å². The number of hydrogen-bond donors (Lipinski definition) is 2. The summed E-state index contributed by atoms with van der Waals surface area (Å²) in [6.45, 7) is 3.28. The van der Waals surface area contributed by atoms with Crippen LogP contribution in [0.4, 0.5) is 0 Å². The fourth-order valence-electron chi connectivity index (χ4n) is 2.54. The number of nitriles is 1. The Hall–Kier alpha value is -3.42. The number of rotatable bonds is 5. The fraction of sp³-hybridized carbons (Fsp3) is 0.222. The maximum atomic E-state index is 12.2. The number of nitrogens with one attached hydrogen (secondary N) is 2. The largest absolute Gasteiger partial charge is 0.434 e. The summed E-state index contributed by atoms with van der Waals surface area (Å²) in [7, 11) is 0. The molecule has 3 aromatic rings. The maximum Gasteiger partial charge on any atom is 0.345 e. The van der Waals surface area contributed by atoms with E-state index < -0.39 is 11.2 Å². The Morgan fingerprint density at radius 3 is 2.47 bits per heavy atom. The molecule has 0 amide bonds. The van der Waals surface area contributed by atoms with E-state index in [2.05, 4.69) is 20.1 Å². The molecular weight excluding hydrogens is 435 g/mol. The lowest BCUT2D eigenvalue weighted by Crippen LogP contribution is -2.33. The summed E-state index contributed by atoms with van der Waals surface area (Å²) in [6.07, 6.45) is 1.28. The molecule has 154 valence electrons. The standard InChI is InChI=1S/C18H14Cl2N6O4/c1-8(2)13-16(27)22-7-12(23-13)30-15-10(19)5-9(6-11(15)20)14-17(28)24-18(29)26(25-14)4-3-21/h5-8H,4H2,1-2H3,(H,22,27)(H,24,28,29). The second-order valence-electron chi connectivity index (χ2n) is 6.40. The van der Waals surface area contributed by atoms with Crippen LogP contribution in [0.2, 0.25) is 10.0 Å².